The van der Waals surface area contributed by atoms with Gasteiger partial charge in [0.05, 0.1) is 4.90 Å². The van der Waals surface area contributed by atoms with Crippen molar-refractivity contribution in [3.05, 3.63) is 65.0 Å². The molecule has 0 atom stereocenters. The van der Waals surface area contributed by atoms with E-state index in [2.05, 4.69) is 4.72 Å². The SMILES string of the molecule is Cc1ccc(C)c(S(=O)(=O)NCC2(c3ccc(F)cc3)CC2)c1. The number of sulfonamides is 1. The molecule has 0 amide bonds. The summed E-state index contributed by atoms with van der Waals surface area (Å²) in [5.41, 5.74) is 2.44. The third kappa shape index (κ3) is 3.31. The number of aryl methyl sites for hydroxylation is 2. The summed E-state index contributed by atoms with van der Waals surface area (Å²) in [4.78, 5) is 0.326. The van der Waals surface area contributed by atoms with E-state index in [0.717, 1.165) is 29.5 Å². The van der Waals surface area contributed by atoms with Crippen molar-refractivity contribution >= 4 is 10.0 Å². The molecule has 0 heterocycles. The van der Waals surface area contributed by atoms with Crippen LogP contribution >= 0.6 is 0 Å². The summed E-state index contributed by atoms with van der Waals surface area (Å²) < 4.78 is 41.0. The van der Waals surface area contributed by atoms with E-state index in [9.17, 15) is 12.8 Å². The predicted molar refractivity (Wildman–Crippen MR) is 88.4 cm³/mol. The summed E-state index contributed by atoms with van der Waals surface area (Å²) in [5.74, 6) is -0.277. The number of nitrogens with one attached hydrogen (secondary N) is 1. The van der Waals surface area contributed by atoms with Crippen molar-refractivity contribution in [1.82, 2.24) is 4.72 Å². The fourth-order valence-corrected chi connectivity index (χ4v) is 4.28. The molecule has 3 rings (SSSR count). The van der Waals surface area contributed by atoms with Gasteiger partial charge in [0.15, 0.2) is 0 Å². The Morgan fingerprint density at radius 3 is 2.35 bits per heavy atom. The van der Waals surface area contributed by atoms with Gasteiger partial charge in [-0.1, -0.05) is 24.3 Å². The molecule has 0 aliphatic heterocycles. The highest BCUT2D eigenvalue weighted by Crippen LogP contribution is 2.47. The van der Waals surface area contributed by atoms with E-state index in [0.29, 0.717) is 11.4 Å². The summed E-state index contributed by atoms with van der Waals surface area (Å²) in [5, 5.41) is 0. The normalized spacial score (nSPS) is 16.3. The molecule has 2 aromatic rings. The van der Waals surface area contributed by atoms with Crippen molar-refractivity contribution in [2.45, 2.75) is 37.0 Å². The van der Waals surface area contributed by atoms with Gasteiger partial charge in [-0.05, 0) is 61.6 Å². The summed E-state index contributed by atoms with van der Waals surface area (Å²) in [6.07, 6.45) is 1.82. The first kappa shape index (κ1) is 16.1. The van der Waals surface area contributed by atoms with E-state index in [1.807, 2.05) is 19.1 Å². The molecule has 0 aromatic heterocycles. The van der Waals surface area contributed by atoms with E-state index in [4.69, 9.17) is 0 Å². The Hall–Kier alpha value is -1.72. The maximum atomic E-state index is 13.1. The van der Waals surface area contributed by atoms with Gasteiger partial charge in [0.25, 0.3) is 0 Å². The van der Waals surface area contributed by atoms with Crippen LogP contribution in [0.4, 0.5) is 4.39 Å². The molecule has 5 heteroatoms. The Labute approximate surface area is 136 Å². The first-order valence-electron chi connectivity index (χ1n) is 7.65. The van der Waals surface area contributed by atoms with Gasteiger partial charge in [-0.15, -0.1) is 0 Å². The zero-order chi connectivity index (χ0) is 16.7. The molecule has 1 aliphatic rings. The average molecular weight is 333 g/mol. The molecule has 3 nitrogen and oxygen atoms in total. The lowest BCUT2D eigenvalue weighted by molar-refractivity contribution is 0.565. The first-order chi connectivity index (χ1) is 10.8. The Kier molecular flexibility index (Phi) is 4.02. The molecule has 0 bridgehead atoms. The van der Waals surface area contributed by atoms with Gasteiger partial charge in [0.2, 0.25) is 10.0 Å². The lowest BCUT2D eigenvalue weighted by Gasteiger charge is -2.17. The molecule has 1 fully saturated rings. The average Bonchev–Trinajstić information content (AvgIpc) is 3.30. The number of benzene rings is 2. The zero-order valence-corrected chi connectivity index (χ0v) is 14.1. The van der Waals surface area contributed by atoms with E-state index < -0.39 is 10.0 Å². The molecule has 2 aromatic carbocycles. The highest BCUT2D eigenvalue weighted by Gasteiger charge is 2.44. The van der Waals surface area contributed by atoms with Crippen molar-refractivity contribution in [1.29, 1.82) is 0 Å². The minimum Gasteiger partial charge on any atom is -0.210 e. The molecule has 0 unspecified atom stereocenters. The van der Waals surface area contributed by atoms with Crippen LogP contribution in [0.15, 0.2) is 47.4 Å². The largest absolute Gasteiger partial charge is 0.240 e. The molecule has 1 saturated carbocycles. The Balaban J connectivity index is 1.79. The number of hydrogen-bond donors (Lipinski definition) is 1. The molecule has 0 saturated heterocycles. The Bertz CT molecular complexity index is 825. The molecule has 0 radical (unpaired) electrons. The van der Waals surface area contributed by atoms with Crippen LogP contribution in [0.25, 0.3) is 0 Å². The van der Waals surface area contributed by atoms with Crippen LogP contribution in [0.2, 0.25) is 0 Å². The second-order valence-corrected chi connectivity index (χ2v) is 8.12. The topological polar surface area (TPSA) is 46.2 Å². The number of rotatable bonds is 5. The predicted octanol–water partition coefficient (Wildman–Crippen LogP) is 3.45. The molecular formula is C18H20FNO2S. The zero-order valence-electron chi connectivity index (χ0n) is 13.3. The summed E-state index contributed by atoms with van der Waals surface area (Å²) >= 11 is 0. The first-order valence-corrected chi connectivity index (χ1v) is 9.14. The van der Waals surface area contributed by atoms with E-state index in [-0.39, 0.29) is 11.2 Å². The fourth-order valence-electron chi connectivity index (χ4n) is 2.83. The van der Waals surface area contributed by atoms with Crippen LogP contribution in [0.5, 0.6) is 0 Å². The highest BCUT2D eigenvalue weighted by atomic mass is 32.2. The smallest absolute Gasteiger partial charge is 0.210 e. The monoisotopic (exact) mass is 333 g/mol. The van der Waals surface area contributed by atoms with Gasteiger partial charge in [-0.25, -0.2) is 17.5 Å². The second kappa shape index (κ2) is 5.73. The Morgan fingerprint density at radius 2 is 1.74 bits per heavy atom. The molecule has 1 N–H and O–H groups in total. The summed E-state index contributed by atoms with van der Waals surface area (Å²) in [6.45, 7) is 4.01. The third-order valence-corrected chi connectivity index (χ3v) is 6.09. The van der Waals surface area contributed by atoms with Gasteiger partial charge in [0, 0.05) is 12.0 Å². The highest BCUT2D eigenvalue weighted by molar-refractivity contribution is 7.89. The minimum absolute atomic E-state index is 0.196. The van der Waals surface area contributed by atoms with Gasteiger partial charge in [-0.2, -0.15) is 0 Å². The molecule has 0 spiro atoms. The van der Waals surface area contributed by atoms with E-state index in [1.165, 1.54) is 12.1 Å². The van der Waals surface area contributed by atoms with Gasteiger partial charge >= 0.3 is 0 Å². The van der Waals surface area contributed by atoms with Crippen molar-refractivity contribution in [3.63, 3.8) is 0 Å². The van der Waals surface area contributed by atoms with Crippen LogP contribution in [0.3, 0.4) is 0 Å². The van der Waals surface area contributed by atoms with Crippen molar-refractivity contribution in [2.75, 3.05) is 6.54 Å². The molecule has 1 aliphatic carbocycles. The maximum absolute atomic E-state index is 13.1. The Morgan fingerprint density at radius 1 is 1.09 bits per heavy atom. The van der Waals surface area contributed by atoms with E-state index in [1.54, 1.807) is 25.1 Å². The van der Waals surface area contributed by atoms with Crippen LogP contribution in [-0.4, -0.2) is 15.0 Å². The number of halogens is 1. The molecule has 122 valence electrons. The van der Waals surface area contributed by atoms with Gasteiger partial charge in [0.1, 0.15) is 5.82 Å². The van der Waals surface area contributed by atoms with Gasteiger partial charge < -0.3 is 0 Å². The van der Waals surface area contributed by atoms with Crippen LogP contribution in [-0.2, 0) is 15.4 Å². The fraction of sp³-hybridized carbons (Fsp3) is 0.333. The number of hydrogen-bond acceptors (Lipinski definition) is 2. The van der Waals surface area contributed by atoms with Gasteiger partial charge in [-0.3, -0.25) is 0 Å². The maximum Gasteiger partial charge on any atom is 0.240 e. The molecular weight excluding hydrogens is 313 g/mol. The van der Waals surface area contributed by atoms with Crippen molar-refractivity contribution < 1.29 is 12.8 Å². The van der Waals surface area contributed by atoms with E-state index >= 15 is 0 Å². The van der Waals surface area contributed by atoms with Crippen LogP contribution in [0, 0.1) is 19.7 Å². The van der Waals surface area contributed by atoms with Crippen LogP contribution in [0.1, 0.15) is 29.5 Å². The van der Waals surface area contributed by atoms with Crippen molar-refractivity contribution in [3.8, 4) is 0 Å². The summed E-state index contributed by atoms with van der Waals surface area (Å²) in [7, 11) is -3.55. The van der Waals surface area contributed by atoms with Crippen molar-refractivity contribution in [2.24, 2.45) is 0 Å². The lowest BCUT2D eigenvalue weighted by atomic mass is 9.96. The molecule has 23 heavy (non-hydrogen) atoms. The standard InChI is InChI=1S/C18H20FNO2S/c1-13-3-4-14(2)17(11-13)23(21,22)20-12-18(9-10-18)15-5-7-16(19)8-6-15/h3-8,11,20H,9-10,12H2,1-2H3. The minimum atomic E-state index is -3.55. The summed E-state index contributed by atoms with van der Waals surface area (Å²) in [6, 6.07) is 11.7. The second-order valence-electron chi connectivity index (χ2n) is 6.38. The lowest BCUT2D eigenvalue weighted by Crippen LogP contribution is -2.32. The van der Waals surface area contributed by atoms with Crippen LogP contribution < -0.4 is 4.72 Å². The third-order valence-electron chi connectivity index (χ3n) is 4.54. The quantitative estimate of drug-likeness (QED) is 0.911.